The minimum atomic E-state index is 0.431. The van der Waals surface area contributed by atoms with Crippen LogP contribution in [0.3, 0.4) is 0 Å². The van der Waals surface area contributed by atoms with Crippen LogP contribution >= 0.6 is 0 Å². The molecular weight excluding hydrogens is 372 g/mol. The molecule has 0 heterocycles. The molecule has 1 aliphatic carbocycles. The highest BCUT2D eigenvalue weighted by Gasteiger charge is 2.45. The molecule has 4 aromatic carbocycles. The fourth-order valence-electron chi connectivity index (χ4n) is 5.98. The van der Waals surface area contributed by atoms with E-state index in [0.29, 0.717) is 29.6 Å². The number of hydrogen-bond donors (Lipinski definition) is 0. The van der Waals surface area contributed by atoms with Crippen molar-refractivity contribution in [2.75, 3.05) is 0 Å². The largest absolute Gasteiger partial charge is 0.0622 e. The molecule has 154 valence electrons. The second-order valence-electron chi connectivity index (χ2n) is 9.04. The van der Waals surface area contributed by atoms with Gasteiger partial charge in [-0.2, -0.15) is 0 Å². The summed E-state index contributed by atoms with van der Waals surface area (Å²) >= 11 is 0. The summed E-state index contributed by atoms with van der Waals surface area (Å²) in [5, 5.41) is 0. The van der Waals surface area contributed by atoms with Gasteiger partial charge in [0, 0.05) is 0 Å². The Bertz CT molecular complexity index is 1070. The Balaban J connectivity index is 1.71. The first-order valence-electron chi connectivity index (χ1n) is 11.5. The Morgan fingerprint density at radius 3 is 1.23 bits per heavy atom. The van der Waals surface area contributed by atoms with Crippen LogP contribution in [0.5, 0.6) is 0 Å². The highest BCUT2D eigenvalue weighted by Crippen LogP contribution is 2.59. The van der Waals surface area contributed by atoms with Crippen LogP contribution in [0.4, 0.5) is 0 Å². The van der Waals surface area contributed by atoms with Crippen molar-refractivity contribution in [3.05, 3.63) is 144 Å². The van der Waals surface area contributed by atoms with Crippen molar-refractivity contribution in [3.63, 3.8) is 0 Å². The van der Waals surface area contributed by atoms with E-state index in [1.807, 2.05) is 0 Å². The highest BCUT2D eigenvalue weighted by molar-refractivity contribution is 5.40. The van der Waals surface area contributed by atoms with E-state index >= 15 is 0 Å². The maximum absolute atomic E-state index is 2.46. The van der Waals surface area contributed by atoms with Crippen molar-refractivity contribution in [2.45, 2.75) is 37.0 Å². The molecule has 31 heavy (non-hydrogen) atoms. The summed E-state index contributed by atoms with van der Waals surface area (Å²) in [6.07, 6.45) is 1.20. The van der Waals surface area contributed by atoms with Gasteiger partial charge in [0.2, 0.25) is 0 Å². The summed E-state index contributed by atoms with van der Waals surface area (Å²) < 4.78 is 0. The molecule has 1 fully saturated rings. The Hall–Kier alpha value is -3.12. The predicted octanol–water partition coefficient (Wildman–Crippen LogP) is 8.16. The Morgan fingerprint density at radius 2 is 0.774 bits per heavy atom. The van der Waals surface area contributed by atoms with Gasteiger partial charge in [-0.05, 0) is 58.3 Å². The number of rotatable bonds is 4. The smallest absolute Gasteiger partial charge is 0.00158 e. The minimum Gasteiger partial charge on any atom is -0.0622 e. The van der Waals surface area contributed by atoms with Crippen molar-refractivity contribution >= 4 is 0 Å². The Kier molecular flexibility index (Phi) is 5.71. The molecular formula is C31H30. The summed E-state index contributed by atoms with van der Waals surface area (Å²) in [5.74, 6) is 2.46. The molecule has 0 amide bonds. The molecule has 0 bridgehead atoms. The highest BCUT2D eigenvalue weighted by atomic mass is 14.5. The van der Waals surface area contributed by atoms with E-state index in [9.17, 15) is 0 Å². The van der Waals surface area contributed by atoms with Gasteiger partial charge in [0.15, 0.2) is 0 Å². The van der Waals surface area contributed by atoms with Gasteiger partial charge in [-0.3, -0.25) is 0 Å². The molecule has 5 atom stereocenters. The van der Waals surface area contributed by atoms with Gasteiger partial charge in [-0.15, -0.1) is 0 Å². The molecule has 4 aromatic rings. The summed E-state index contributed by atoms with van der Waals surface area (Å²) in [6, 6.07) is 44.9. The van der Waals surface area contributed by atoms with E-state index in [4.69, 9.17) is 0 Å². The molecule has 1 saturated carbocycles. The zero-order valence-corrected chi connectivity index (χ0v) is 18.1. The first-order valence-corrected chi connectivity index (χ1v) is 11.5. The molecule has 0 aromatic heterocycles. The normalized spacial score (nSPS) is 25.8. The standard InChI is InChI=1S/C31H30/c1-23-22-28(24-14-6-2-7-15-24)30(26-18-10-4-11-19-26)31(27-20-12-5-13-21-27)29(23)25-16-8-3-9-17-25/h2-21,23,28-31H,22H2,1H3/t23-,28-,29-,30-,31+/m0/s1. The predicted molar refractivity (Wildman–Crippen MR) is 131 cm³/mol. The van der Waals surface area contributed by atoms with E-state index in [-0.39, 0.29) is 0 Å². The average Bonchev–Trinajstić information content (AvgIpc) is 2.85. The Morgan fingerprint density at radius 1 is 0.419 bits per heavy atom. The molecule has 0 heteroatoms. The summed E-state index contributed by atoms with van der Waals surface area (Å²) in [5.41, 5.74) is 5.85. The van der Waals surface area contributed by atoms with Gasteiger partial charge in [0.05, 0.1) is 0 Å². The van der Waals surface area contributed by atoms with E-state index in [1.165, 1.54) is 28.7 Å². The second kappa shape index (κ2) is 8.94. The lowest BCUT2D eigenvalue weighted by Gasteiger charge is -2.48. The third kappa shape index (κ3) is 3.95. The minimum absolute atomic E-state index is 0.431. The SMILES string of the molecule is C[C@H]1C[C@@H](c2ccccc2)[C@H](c2ccccc2)[C@H](c2ccccc2)[C@@H]1c1ccccc1. The molecule has 1 aliphatic rings. The molecule has 0 unspecified atom stereocenters. The monoisotopic (exact) mass is 402 g/mol. The van der Waals surface area contributed by atoms with Crippen LogP contribution in [-0.4, -0.2) is 0 Å². The van der Waals surface area contributed by atoms with Crippen LogP contribution in [0, 0.1) is 5.92 Å². The van der Waals surface area contributed by atoms with E-state index in [2.05, 4.69) is 128 Å². The zero-order valence-electron chi connectivity index (χ0n) is 18.1. The van der Waals surface area contributed by atoms with Gasteiger partial charge in [-0.1, -0.05) is 128 Å². The first kappa shape index (κ1) is 19.8. The van der Waals surface area contributed by atoms with Gasteiger partial charge in [0.1, 0.15) is 0 Å². The maximum atomic E-state index is 2.46. The van der Waals surface area contributed by atoms with Crippen LogP contribution in [0.25, 0.3) is 0 Å². The zero-order chi connectivity index (χ0) is 21.0. The molecule has 0 saturated heterocycles. The third-order valence-corrected chi connectivity index (χ3v) is 7.23. The van der Waals surface area contributed by atoms with Gasteiger partial charge < -0.3 is 0 Å². The number of hydrogen-bond acceptors (Lipinski definition) is 0. The lowest BCUT2D eigenvalue weighted by atomic mass is 9.56. The van der Waals surface area contributed by atoms with Crippen LogP contribution < -0.4 is 0 Å². The Labute approximate surface area is 186 Å². The molecule has 0 N–H and O–H groups in total. The molecule has 0 radical (unpaired) electrons. The van der Waals surface area contributed by atoms with Crippen molar-refractivity contribution < 1.29 is 0 Å². The van der Waals surface area contributed by atoms with Crippen molar-refractivity contribution in [2.24, 2.45) is 5.92 Å². The fraction of sp³-hybridized carbons (Fsp3) is 0.226. The topological polar surface area (TPSA) is 0 Å². The summed E-state index contributed by atoms with van der Waals surface area (Å²) in [4.78, 5) is 0. The third-order valence-electron chi connectivity index (χ3n) is 7.23. The van der Waals surface area contributed by atoms with Crippen LogP contribution in [-0.2, 0) is 0 Å². The lowest BCUT2D eigenvalue weighted by molar-refractivity contribution is 0.227. The molecule has 0 nitrogen and oxygen atoms in total. The van der Waals surface area contributed by atoms with E-state index in [0.717, 1.165) is 0 Å². The summed E-state index contributed by atoms with van der Waals surface area (Å²) in [6.45, 7) is 2.46. The van der Waals surface area contributed by atoms with Gasteiger partial charge in [-0.25, -0.2) is 0 Å². The van der Waals surface area contributed by atoms with Crippen LogP contribution in [0.1, 0.15) is 59.3 Å². The quantitative estimate of drug-likeness (QED) is 0.323. The fourth-order valence-corrected chi connectivity index (χ4v) is 5.98. The molecule has 5 rings (SSSR count). The first-order chi connectivity index (χ1) is 15.3. The average molecular weight is 403 g/mol. The lowest BCUT2D eigenvalue weighted by Crippen LogP contribution is -2.34. The van der Waals surface area contributed by atoms with Gasteiger partial charge in [0.25, 0.3) is 0 Å². The second-order valence-corrected chi connectivity index (χ2v) is 9.04. The van der Waals surface area contributed by atoms with E-state index < -0.39 is 0 Å². The maximum Gasteiger partial charge on any atom is -0.00158 e. The van der Waals surface area contributed by atoms with Crippen LogP contribution in [0.2, 0.25) is 0 Å². The summed E-state index contributed by atoms with van der Waals surface area (Å²) in [7, 11) is 0. The van der Waals surface area contributed by atoms with Crippen molar-refractivity contribution in [3.8, 4) is 0 Å². The molecule has 0 spiro atoms. The molecule has 0 aliphatic heterocycles. The van der Waals surface area contributed by atoms with Crippen molar-refractivity contribution in [1.82, 2.24) is 0 Å². The van der Waals surface area contributed by atoms with Crippen molar-refractivity contribution in [1.29, 1.82) is 0 Å². The number of benzene rings is 4. The van der Waals surface area contributed by atoms with E-state index in [1.54, 1.807) is 0 Å². The van der Waals surface area contributed by atoms with Gasteiger partial charge >= 0.3 is 0 Å². The van der Waals surface area contributed by atoms with Crippen LogP contribution in [0.15, 0.2) is 121 Å².